The predicted molar refractivity (Wildman–Crippen MR) is 200 cm³/mol. The maximum absolute atomic E-state index is 15.4. The molecule has 0 radical (unpaired) electrons. The third-order valence-electron chi connectivity index (χ3n) is 10.9. The minimum atomic E-state index is -3.88. The highest BCUT2D eigenvalue weighted by atomic mass is 35.5. The van der Waals surface area contributed by atoms with E-state index in [0.29, 0.717) is 10.7 Å². The molecule has 0 spiro atoms. The Kier molecular flexibility index (Phi) is 8.74. The van der Waals surface area contributed by atoms with E-state index < -0.39 is 87.7 Å². The summed E-state index contributed by atoms with van der Waals surface area (Å²) in [6, 6.07) is 9.16. The van der Waals surface area contributed by atoms with Crippen molar-refractivity contribution in [1.82, 2.24) is 34.4 Å². The molecule has 3 atom stereocenters. The summed E-state index contributed by atoms with van der Waals surface area (Å²) in [4.78, 5) is 33.7. The zero-order chi connectivity index (χ0) is 41.2. The van der Waals surface area contributed by atoms with Gasteiger partial charge in [0.2, 0.25) is 15.9 Å². The molecule has 3 aliphatic rings. The Bertz CT molecular complexity index is 2890. The second-order valence-electron chi connectivity index (χ2n) is 15.1. The van der Waals surface area contributed by atoms with Crippen LogP contribution in [0.5, 0.6) is 0 Å². The number of anilines is 1. The molecule has 2 saturated carbocycles. The summed E-state index contributed by atoms with van der Waals surface area (Å²) in [6.45, 7) is -0.949. The molecule has 2 fully saturated rings. The van der Waals surface area contributed by atoms with Crippen LogP contribution in [-0.2, 0) is 40.8 Å². The van der Waals surface area contributed by atoms with Crippen LogP contribution in [0, 0.1) is 17.6 Å². The van der Waals surface area contributed by atoms with Gasteiger partial charge in [0, 0.05) is 31.0 Å². The largest absolute Gasteiger partial charge is 0.344 e. The molecule has 0 saturated heterocycles. The van der Waals surface area contributed by atoms with Gasteiger partial charge in [0.1, 0.15) is 35.4 Å². The molecule has 0 unspecified atom stereocenters. The maximum atomic E-state index is 15.4. The Hall–Kier alpha value is -5.43. The quantitative estimate of drug-likeness (QED) is 0.135. The number of nitrogens with zero attached hydrogens (tertiary/aromatic N) is 6. The lowest BCUT2D eigenvalue weighted by Gasteiger charge is -2.24. The first-order valence-electron chi connectivity index (χ1n) is 18.1. The second-order valence-corrected chi connectivity index (χ2v) is 17.2. The number of benzene rings is 3. The number of fused-ring (bicyclic) bond motifs is 5. The molecule has 302 valence electrons. The first kappa shape index (κ1) is 38.1. The van der Waals surface area contributed by atoms with Crippen molar-refractivity contribution in [1.29, 1.82) is 0 Å². The molecule has 12 nitrogen and oxygen atoms in total. The molecule has 2 N–H and O–H groups in total. The summed E-state index contributed by atoms with van der Waals surface area (Å²) >= 11 is 6.60. The lowest BCUT2D eigenvalue weighted by atomic mass is 10.0. The van der Waals surface area contributed by atoms with Gasteiger partial charge in [-0.1, -0.05) is 17.7 Å². The number of hydrogen-bond donors (Lipinski definition) is 2. The number of carbonyl (C=O) groups is 1. The van der Waals surface area contributed by atoms with Crippen molar-refractivity contribution in [2.75, 3.05) is 11.0 Å². The van der Waals surface area contributed by atoms with Crippen molar-refractivity contribution >= 4 is 55.2 Å². The van der Waals surface area contributed by atoms with Gasteiger partial charge in [0.05, 0.1) is 44.8 Å². The minimum absolute atomic E-state index is 0.00319. The van der Waals surface area contributed by atoms with Crippen molar-refractivity contribution in [3.63, 3.8) is 0 Å². The number of aryl methyl sites for hydroxylation is 1. The average Bonchev–Trinajstić information content (AvgIpc) is 4.05. The Labute approximate surface area is 329 Å². The van der Waals surface area contributed by atoms with Crippen molar-refractivity contribution in [2.45, 2.75) is 62.5 Å². The molecule has 0 aliphatic heterocycles. The highest BCUT2D eigenvalue weighted by Crippen LogP contribution is 2.68. The molecular weight excluding hydrogens is 814 g/mol. The van der Waals surface area contributed by atoms with Crippen LogP contribution in [0.3, 0.4) is 0 Å². The zero-order valence-corrected chi connectivity index (χ0v) is 32.0. The van der Waals surface area contributed by atoms with Gasteiger partial charge in [-0.25, -0.2) is 31.0 Å². The Morgan fingerprint density at radius 2 is 1.78 bits per heavy atom. The van der Waals surface area contributed by atoms with Gasteiger partial charge < -0.3 is 5.32 Å². The fourth-order valence-corrected chi connectivity index (χ4v) is 9.00. The SMILES string of the molecule is Cn1nc(NS(C)(=O)=O)c2c(Cl)ccc(-n3c([C@H](Cc4cc(F)cc(F)c4)NC(=O)Cn4nc(C(F)F)c5c4C(F)(F)[C@@H]4C[C@H]54)nc4cc(C5CC5)ccc4c3=O)c21. The second kappa shape index (κ2) is 13.3. The number of nitrogens with one attached hydrogen (secondary N) is 2. The fraction of sp³-hybridized carbons (Fsp3) is 0.342. The maximum Gasteiger partial charge on any atom is 0.293 e. The van der Waals surface area contributed by atoms with Gasteiger partial charge in [-0.2, -0.15) is 19.0 Å². The van der Waals surface area contributed by atoms with E-state index in [2.05, 4.69) is 20.2 Å². The van der Waals surface area contributed by atoms with Crippen molar-refractivity contribution < 1.29 is 39.6 Å². The van der Waals surface area contributed by atoms with E-state index in [0.717, 1.165) is 41.4 Å². The van der Waals surface area contributed by atoms with Crippen LogP contribution in [-0.4, -0.2) is 49.7 Å². The first-order chi connectivity index (χ1) is 27.4. The zero-order valence-electron chi connectivity index (χ0n) is 30.4. The molecule has 20 heteroatoms. The molecule has 3 aromatic heterocycles. The summed E-state index contributed by atoms with van der Waals surface area (Å²) in [5.74, 6) is -8.55. The third-order valence-corrected chi connectivity index (χ3v) is 11.8. The molecule has 0 bridgehead atoms. The lowest BCUT2D eigenvalue weighted by molar-refractivity contribution is -0.123. The molecule has 3 aromatic carbocycles. The number of amides is 1. The summed E-state index contributed by atoms with van der Waals surface area (Å²) in [6.07, 6.45) is -0.845. The number of sulfonamides is 1. The third kappa shape index (κ3) is 6.47. The standard InChI is InChI=1S/C38H31ClF6N8O4S/c1-51-32-27(8-7-24(39)30(32)35(49-51)50-58(2,56)57)53-36(47-25-12-18(17-3-4-17)5-6-21(25)37(53)55)26(11-16-9-19(40)13-20(41)10-16)46-28(54)15-52-33-29(31(48-52)34(42)43)22-14-23(22)38(33,44)45/h5-10,12-13,17,22-23,26,34H,3-4,11,14-15H2,1-2H3,(H,46,54)(H,49,50)/t22-,23+,26-/m0/s1. The average molecular weight is 845 g/mol. The molecule has 9 rings (SSSR count). The molecule has 3 aliphatic carbocycles. The smallest absolute Gasteiger partial charge is 0.293 e. The van der Waals surface area contributed by atoms with Crippen LogP contribution in [0.25, 0.3) is 27.5 Å². The minimum Gasteiger partial charge on any atom is -0.344 e. The van der Waals surface area contributed by atoms with E-state index in [1.807, 2.05) is 0 Å². The van der Waals surface area contributed by atoms with Crippen LogP contribution in [0.4, 0.5) is 32.2 Å². The van der Waals surface area contributed by atoms with Crippen LogP contribution < -0.4 is 15.6 Å². The number of alkyl halides is 4. The highest BCUT2D eigenvalue weighted by Gasteiger charge is 2.67. The molecule has 58 heavy (non-hydrogen) atoms. The van der Waals surface area contributed by atoms with Crippen LogP contribution in [0.15, 0.2) is 53.3 Å². The van der Waals surface area contributed by atoms with E-state index in [1.54, 1.807) is 18.2 Å². The van der Waals surface area contributed by atoms with E-state index in [-0.39, 0.29) is 67.6 Å². The van der Waals surface area contributed by atoms with E-state index in [1.165, 1.54) is 23.9 Å². The number of halogens is 7. The predicted octanol–water partition coefficient (Wildman–Crippen LogP) is 6.90. The first-order valence-corrected chi connectivity index (χ1v) is 20.4. The van der Waals surface area contributed by atoms with Gasteiger partial charge in [-0.3, -0.25) is 28.2 Å². The van der Waals surface area contributed by atoms with Crippen LogP contribution in [0.1, 0.15) is 77.5 Å². The summed E-state index contributed by atoms with van der Waals surface area (Å²) in [7, 11) is -2.41. The number of hydrogen-bond acceptors (Lipinski definition) is 7. The van der Waals surface area contributed by atoms with E-state index in [4.69, 9.17) is 16.6 Å². The topological polar surface area (TPSA) is 146 Å². The van der Waals surface area contributed by atoms with Crippen LogP contribution in [0.2, 0.25) is 5.02 Å². The molecule has 6 aromatic rings. The monoisotopic (exact) mass is 844 g/mol. The van der Waals surface area contributed by atoms with Crippen molar-refractivity contribution in [3.05, 3.63) is 109 Å². The van der Waals surface area contributed by atoms with Gasteiger partial charge in [0.25, 0.3) is 17.9 Å². The van der Waals surface area contributed by atoms with E-state index >= 15 is 8.78 Å². The number of rotatable bonds is 11. The van der Waals surface area contributed by atoms with E-state index in [9.17, 15) is 35.6 Å². The van der Waals surface area contributed by atoms with Crippen molar-refractivity contribution in [2.24, 2.45) is 13.0 Å². The normalized spacial score (nSPS) is 18.8. The van der Waals surface area contributed by atoms with Crippen LogP contribution >= 0.6 is 11.6 Å². The molecule has 3 heterocycles. The summed E-state index contributed by atoms with van der Waals surface area (Å²) in [5, 5.41) is 11.0. The van der Waals surface area contributed by atoms with Gasteiger partial charge in [-0.05, 0) is 78.6 Å². The lowest BCUT2D eigenvalue weighted by Crippen LogP contribution is -2.38. The Balaban J connectivity index is 1.24. The number of carbonyl (C=O) groups excluding carboxylic acids is 1. The molecular formula is C38H31ClF6N8O4S. The van der Waals surface area contributed by atoms with Gasteiger partial charge in [-0.15, -0.1) is 0 Å². The fourth-order valence-electron chi connectivity index (χ4n) is 8.27. The highest BCUT2D eigenvalue weighted by molar-refractivity contribution is 7.92. The Morgan fingerprint density at radius 3 is 2.45 bits per heavy atom. The molecule has 1 amide bonds. The van der Waals surface area contributed by atoms with Gasteiger partial charge >= 0.3 is 0 Å². The van der Waals surface area contributed by atoms with Gasteiger partial charge in [0.15, 0.2) is 5.82 Å². The summed E-state index contributed by atoms with van der Waals surface area (Å²) in [5.41, 5.74) is -1.21. The van der Waals surface area contributed by atoms with Crippen molar-refractivity contribution in [3.8, 4) is 5.69 Å². The number of aromatic nitrogens is 6. The summed E-state index contributed by atoms with van der Waals surface area (Å²) < 4.78 is 118. The Morgan fingerprint density at radius 1 is 1.05 bits per heavy atom.